The van der Waals surface area contributed by atoms with E-state index >= 15 is 0 Å². The average Bonchev–Trinajstić information content (AvgIpc) is 2.67. The number of nitro benzene ring substituents is 1. The first-order valence-electron chi connectivity index (χ1n) is 9.39. The summed E-state index contributed by atoms with van der Waals surface area (Å²) >= 11 is 0. The number of nitro groups is 1. The predicted octanol–water partition coefficient (Wildman–Crippen LogP) is 1.37. The molecule has 10 heteroatoms. The maximum atomic E-state index is 12.3. The van der Waals surface area contributed by atoms with Crippen LogP contribution in [-0.2, 0) is 19.1 Å². The normalized spacial score (nSPS) is 21.2. The summed E-state index contributed by atoms with van der Waals surface area (Å²) in [7, 11) is 0. The fraction of sp³-hybridized carbons (Fsp3) is 0.526. The molecule has 2 atom stereocenters. The Hall–Kier alpha value is -3.17. The molecule has 1 aromatic carbocycles. The van der Waals surface area contributed by atoms with Crippen LogP contribution < -0.4 is 9.64 Å². The Morgan fingerprint density at radius 3 is 2.62 bits per heavy atom. The van der Waals surface area contributed by atoms with E-state index < -0.39 is 30.0 Å². The number of esters is 1. The molecular weight excluding hydrogens is 382 g/mol. The van der Waals surface area contributed by atoms with Crippen LogP contribution in [0.1, 0.15) is 20.3 Å². The number of amides is 2. The first kappa shape index (κ1) is 20.6. The van der Waals surface area contributed by atoms with Crippen molar-refractivity contribution >= 4 is 29.2 Å². The number of rotatable bonds is 5. The van der Waals surface area contributed by atoms with Crippen molar-refractivity contribution in [1.29, 1.82) is 0 Å². The van der Waals surface area contributed by atoms with Crippen molar-refractivity contribution in [3.63, 3.8) is 0 Å². The van der Waals surface area contributed by atoms with Crippen molar-refractivity contribution in [3.05, 3.63) is 28.3 Å². The summed E-state index contributed by atoms with van der Waals surface area (Å²) in [5.41, 5.74) is -0.110. The summed E-state index contributed by atoms with van der Waals surface area (Å²) in [5, 5.41) is 11.0. The van der Waals surface area contributed by atoms with Gasteiger partial charge in [-0.2, -0.15) is 0 Å². The lowest BCUT2D eigenvalue weighted by Crippen LogP contribution is -2.45. The van der Waals surface area contributed by atoms with Crippen molar-refractivity contribution < 1.29 is 28.8 Å². The molecule has 0 saturated carbocycles. The third-order valence-corrected chi connectivity index (χ3v) is 4.96. The molecule has 3 rings (SSSR count). The van der Waals surface area contributed by atoms with Crippen LogP contribution in [0.3, 0.4) is 0 Å². The summed E-state index contributed by atoms with van der Waals surface area (Å²) < 4.78 is 10.3. The number of carbonyl (C=O) groups is 3. The van der Waals surface area contributed by atoms with E-state index in [1.165, 1.54) is 18.2 Å². The van der Waals surface area contributed by atoms with Crippen LogP contribution in [0.25, 0.3) is 0 Å². The first-order chi connectivity index (χ1) is 13.7. The van der Waals surface area contributed by atoms with Gasteiger partial charge < -0.3 is 14.4 Å². The Labute approximate surface area is 167 Å². The number of hydrogen-bond donors (Lipinski definition) is 0. The topological polar surface area (TPSA) is 119 Å². The van der Waals surface area contributed by atoms with Gasteiger partial charge in [-0.3, -0.25) is 29.4 Å². The zero-order chi connectivity index (χ0) is 21.1. The van der Waals surface area contributed by atoms with Crippen molar-refractivity contribution in [1.82, 2.24) is 4.90 Å². The molecule has 2 heterocycles. The largest absolute Gasteiger partial charge is 0.482 e. The second-order valence-corrected chi connectivity index (χ2v) is 7.58. The number of fused-ring (bicyclic) bond motifs is 1. The molecule has 1 fully saturated rings. The van der Waals surface area contributed by atoms with Gasteiger partial charge in [-0.05, 0) is 24.3 Å². The van der Waals surface area contributed by atoms with E-state index in [2.05, 4.69) is 13.8 Å². The molecule has 0 aromatic heterocycles. The number of anilines is 1. The molecule has 0 unspecified atom stereocenters. The fourth-order valence-electron chi connectivity index (χ4n) is 3.75. The van der Waals surface area contributed by atoms with Gasteiger partial charge in [0.05, 0.1) is 10.6 Å². The summed E-state index contributed by atoms with van der Waals surface area (Å²) in [6.45, 7) is 4.24. The number of piperidine rings is 1. The van der Waals surface area contributed by atoms with Crippen LogP contribution in [-0.4, -0.2) is 60.5 Å². The quantitative estimate of drug-likeness (QED) is 0.412. The molecule has 29 heavy (non-hydrogen) atoms. The molecule has 0 radical (unpaired) electrons. The van der Waals surface area contributed by atoms with E-state index in [1.807, 2.05) is 0 Å². The molecule has 1 saturated heterocycles. The maximum Gasteiger partial charge on any atom is 0.326 e. The third-order valence-electron chi connectivity index (χ3n) is 4.96. The highest BCUT2D eigenvalue weighted by molar-refractivity contribution is 6.01. The number of likely N-dealkylation sites (tertiary alicyclic amines) is 1. The van der Waals surface area contributed by atoms with Gasteiger partial charge in [-0.15, -0.1) is 0 Å². The molecule has 2 aliphatic rings. The van der Waals surface area contributed by atoms with Crippen LogP contribution >= 0.6 is 0 Å². The molecule has 0 aliphatic carbocycles. The minimum Gasteiger partial charge on any atom is -0.482 e. The van der Waals surface area contributed by atoms with E-state index in [0.29, 0.717) is 24.9 Å². The minimum atomic E-state index is -0.774. The van der Waals surface area contributed by atoms with E-state index in [4.69, 9.17) is 9.47 Å². The smallest absolute Gasteiger partial charge is 0.326 e. The van der Waals surface area contributed by atoms with Gasteiger partial charge in [0.15, 0.2) is 13.2 Å². The Bertz CT molecular complexity index is 831. The minimum absolute atomic E-state index is 0.123. The summed E-state index contributed by atoms with van der Waals surface area (Å²) in [5.74, 6) is -0.547. The molecule has 0 bridgehead atoms. The van der Waals surface area contributed by atoms with Crippen LogP contribution in [0.2, 0.25) is 0 Å². The van der Waals surface area contributed by atoms with Crippen LogP contribution in [0, 0.1) is 22.0 Å². The van der Waals surface area contributed by atoms with Gasteiger partial charge in [-0.1, -0.05) is 13.8 Å². The van der Waals surface area contributed by atoms with E-state index in [0.717, 1.165) is 11.3 Å². The van der Waals surface area contributed by atoms with Gasteiger partial charge in [0.1, 0.15) is 12.3 Å². The summed E-state index contributed by atoms with van der Waals surface area (Å²) in [6.07, 6.45) is 1.05. The van der Waals surface area contributed by atoms with Crippen molar-refractivity contribution in [2.45, 2.75) is 20.3 Å². The summed E-state index contributed by atoms with van der Waals surface area (Å²) in [6, 6.07) is 3.80. The van der Waals surface area contributed by atoms with Crippen LogP contribution in [0.5, 0.6) is 5.75 Å². The van der Waals surface area contributed by atoms with E-state index in [9.17, 15) is 24.5 Å². The highest BCUT2D eigenvalue weighted by Crippen LogP contribution is 2.35. The lowest BCUT2D eigenvalue weighted by atomic mass is 9.92. The molecule has 2 amide bonds. The van der Waals surface area contributed by atoms with Crippen molar-refractivity contribution in [3.8, 4) is 5.75 Å². The standard InChI is InChI=1S/C19H23N3O7/c1-12-5-13(2)8-20(7-12)17(23)10-29-19(25)9-21-15-6-14(22(26)27)3-4-16(15)28-11-18(21)24/h3-4,6,12-13H,5,7-11H2,1-2H3/t12-,13+. The molecule has 1 aromatic rings. The van der Waals surface area contributed by atoms with Gasteiger partial charge >= 0.3 is 5.97 Å². The lowest BCUT2D eigenvalue weighted by Gasteiger charge is -2.34. The summed E-state index contributed by atoms with van der Waals surface area (Å²) in [4.78, 5) is 49.9. The Balaban J connectivity index is 1.62. The number of nitrogens with zero attached hydrogens (tertiary/aromatic N) is 3. The van der Waals surface area contributed by atoms with Gasteiger partial charge in [0, 0.05) is 25.2 Å². The average molecular weight is 405 g/mol. The lowest BCUT2D eigenvalue weighted by molar-refractivity contribution is -0.384. The predicted molar refractivity (Wildman–Crippen MR) is 101 cm³/mol. The highest BCUT2D eigenvalue weighted by Gasteiger charge is 2.30. The molecule has 2 aliphatic heterocycles. The second kappa shape index (κ2) is 8.46. The molecule has 0 N–H and O–H groups in total. The van der Waals surface area contributed by atoms with Crippen molar-refractivity contribution in [2.75, 3.05) is 37.7 Å². The molecule has 0 spiro atoms. The van der Waals surface area contributed by atoms with Crippen LogP contribution in [0.15, 0.2) is 18.2 Å². The van der Waals surface area contributed by atoms with Crippen LogP contribution in [0.4, 0.5) is 11.4 Å². The molecule has 156 valence electrons. The zero-order valence-corrected chi connectivity index (χ0v) is 16.3. The van der Waals surface area contributed by atoms with Crippen molar-refractivity contribution in [2.24, 2.45) is 11.8 Å². The van der Waals surface area contributed by atoms with Gasteiger partial charge in [0.2, 0.25) is 0 Å². The Kier molecular flexibility index (Phi) is 6.00. The van der Waals surface area contributed by atoms with E-state index in [-0.39, 0.29) is 29.6 Å². The fourth-order valence-corrected chi connectivity index (χ4v) is 3.75. The molecular formula is C19H23N3O7. The Morgan fingerprint density at radius 2 is 1.97 bits per heavy atom. The second-order valence-electron chi connectivity index (χ2n) is 7.58. The highest BCUT2D eigenvalue weighted by atomic mass is 16.6. The maximum absolute atomic E-state index is 12.3. The number of hydrogen-bond acceptors (Lipinski definition) is 7. The first-order valence-corrected chi connectivity index (χ1v) is 9.39. The number of non-ortho nitro benzene ring substituents is 1. The molecule has 10 nitrogen and oxygen atoms in total. The van der Waals surface area contributed by atoms with E-state index in [1.54, 1.807) is 4.90 Å². The SMILES string of the molecule is C[C@@H]1C[C@H](C)CN(C(=O)COC(=O)CN2C(=O)COc3ccc([N+](=O)[O-])cc32)C1. The number of carbonyl (C=O) groups excluding carboxylic acids is 3. The van der Waals surface area contributed by atoms with Gasteiger partial charge in [-0.25, -0.2) is 0 Å². The number of benzene rings is 1. The zero-order valence-electron chi connectivity index (χ0n) is 16.3. The Morgan fingerprint density at radius 1 is 1.28 bits per heavy atom. The van der Waals surface area contributed by atoms with Gasteiger partial charge in [0.25, 0.3) is 17.5 Å². The third kappa shape index (κ3) is 4.82. The number of ether oxygens (including phenoxy) is 2. The monoisotopic (exact) mass is 405 g/mol.